The Hall–Kier alpha value is -1.82. The summed E-state index contributed by atoms with van der Waals surface area (Å²) >= 11 is 0. The molecule has 5 nitrogen and oxygen atoms in total. The first kappa shape index (κ1) is 18.5. The molecular weight excluding hydrogens is 311 g/mol. The van der Waals surface area contributed by atoms with Crippen LogP contribution in [-0.4, -0.2) is 28.9 Å². The smallest absolute Gasteiger partial charge is 0.407 e. The minimum absolute atomic E-state index is 0.203. The van der Waals surface area contributed by atoms with Gasteiger partial charge in [0.05, 0.1) is 0 Å². The number of hydrogen-bond donors (Lipinski definition) is 3. The van der Waals surface area contributed by atoms with Gasteiger partial charge >= 0.3 is 6.09 Å². The molecule has 1 saturated carbocycles. The molecule has 0 radical (unpaired) electrons. The number of carbonyl (C=O) groups excluding carboxylic acids is 1. The molecule has 134 valence electrons. The van der Waals surface area contributed by atoms with Crippen molar-refractivity contribution in [1.29, 1.82) is 0 Å². The fraction of sp³-hybridized carbons (Fsp3) is 0.611. The minimum Gasteiger partial charge on any atom is -0.505 e. The van der Waals surface area contributed by atoms with Crippen LogP contribution in [0, 0.1) is 5.82 Å². The second kappa shape index (κ2) is 7.38. The van der Waals surface area contributed by atoms with Crippen LogP contribution in [0.2, 0.25) is 0 Å². The molecule has 0 spiro atoms. The molecule has 1 amide bonds. The standard InChI is InChI=1S/C18H27FN2O3/c1-17(2,3)24-16(23)20-12-18(8-4-5-9-18)21-11-13-6-7-15(22)14(19)10-13/h6-7,10,21-22H,4-5,8-9,11-12H2,1-3H3,(H,20,23). The van der Waals surface area contributed by atoms with E-state index in [1.54, 1.807) is 6.07 Å². The van der Waals surface area contributed by atoms with E-state index in [9.17, 15) is 14.3 Å². The van der Waals surface area contributed by atoms with Crippen LogP contribution in [0.25, 0.3) is 0 Å². The van der Waals surface area contributed by atoms with Gasteiger partial charge in [0, 0.05) is 18.6 Å². The Bertz CT molecular complexity index is 578. The second-order valence-corrected chi connectivity index (χ2v) is 7.48. The highest BCUT2D eigenvalue weighted by atomic mass is 19.1. The van der Waals surface area contributed by atoms with E-state index in [2.05, 4.69) is 10.6 Å². The van der Waals surface area contributed by atoms with Gasteiger partial charge in [0.15, 0.2) is 11.6 Å². The van der Waals surface area contributed by atoms with Crippen LogP contribution in [-0.2, 0) is 11.3 Å². The predicted octanol–water partition coefficient (Wildman–Crippen LogP) is 3.46. The van der Waals surface area contributed by atoms with Crippen LogP contribution < -0.4 is 10.6 Å². The number of phenolic OH excluding ortho intramolecular Hbond substituents is 1. The lowest BCUT2D eigenvalue weighted by molar-refractivity contribution is 0.0509. The molecule has 0 aromatic heterocycles. The fourth-order valence-electron chi connectivity index (χ4n) is 2.97. The summed E-state index contributed by atoms with van der Waals surface area (Å²) < 4.78 is 18.7. The maximum Gasteiger partial charge on any atom is 0.407 e. The maximum atomic E-state index is 13.4. The Morgan fingerprint density at radius 3 is 2.58 bits per heavy atom. The molecular formula is C18H27FN2O3. The van der Waals surface area contributed by atoms with Gasteiger partial charge in [0.25, 0.3) is 0 Å². The first-order valence-electron chi connectivity index (χ1n) is 8.38. The number of amides is 1. The highest BCUT2D eigenvalue weighted by molar-refractivity contribution is 5.67. The van der Waals surface area contributed by atoms with Crippen molar-refractivity contribution < 1.29 is 19.0 Å². The van der Waals surface area contributed by atoms with Gasteiger partial charge in [-0.3, -0.25) is 0 Å². The number of carbonyl (C=O) groups is 1. The van der Waals surface area contributed by atoms with Gasteiger partial charge in [-0.15, -0.1) is 0 Å². The molecule has 2 rings (SSSR count). The Kier molecular flexibility index (Phi) is 5.70. The lowest BCUT2D eigenvalue weighted by Gasteiger charge is -2.31. The van der Waals surface area contributed by atoms with E-state index in [-0.39, 0.29) is 11.3 Å². The van der Waals surface area contributed by atoms with Crippen molar-refractivity contribution in [2.45, 2.75) is 64.1 Å². The molecule has 0 aliphatic heterocycles. The van der Waals surface area contributed by atoms with E-state index in [4.69, 9.17) is 4.74 Å². The Labute approximate surface area is 142 Å². The number of benzene rings is 1. The van der Waals surface area contributed by atoms with Crippen molar-refractivity contribution in [2.24, 2.45) is 0 Å². The number of alkyl carbamates (subject to hydrolysis) is 1. The summed E-state index contributed by atoms with van der Waals surface area (Å²) in [5.74, 6) is -0.970. The van der Waals surface area contributed by atoms with Gasteiger partial charge in [-0.25, -0.2) is 9.18 Å². The summed E-state index contributed by atoms with van der Waals surface area (Å²) in [7, 11) is 0. The average Bonchev–Trinajstić information content (AvgIpc) is 2.94. The van der Waals surface area contributed by atoms with E-state index >= 15 is 0 Å². The van der Waals surface area contributed by atoms with Gasteiger partial charge in [-0.2, -0.15) is 0 Å². The van der Waals surface area contributed by atoms with Gasteiger partial charge in [-0.1, -0.05) is 18.9 Å². The third-order valence-corrected chi connectivity index (χ3v) is 4.21. The number of nitrogens with one attached hydrogen (secondary N) is 2. The molecule has 1 fully saturated rings. The zero-order valence-electron chi connectivity index (χ0n) is 14.6. The molecule has 1 aromatic rings. The number of phenols is 1. The van der Waals surface area contributed by atoms with Gasteiger partial charge in [0.1, 0.15) is 5.60 Å². The quantitative estimate of drug-likeness (QED) is 0.769. The zero-order chi connectivity index (χ0) is 17.8. The molecule has 0 bridgehead atoms. The van der Waals surface area contributed by atoms with Crippen LogP contribution in [0.1, 0.15) is 52.0 Å². The molecule has 24 heavy (non-hydrogen) atoms. The summed E-state index contributed by atoms with van der Waals surface area (Å²) in [6, 6.07) is 4.37. The first-order valence-corrected chi connectivity index (χ1v) is 8.38. The predicted molar refractivity (Wildman–Crippen MR) is 90.3 cm³/mol. The van der Waals surface area contributed by atoms with Crippen molar-refractivity contribution in [3.63, 3.8) is 0 Å². The normalized spacial score (nSPS) is 16.8. The maximum absolute atomic E-state index is 13.4. The molecule has 0 saturated heterocycles. The van der Waals surface area contributed by atoms with E-state index in [1.807, 2.05) is 20.8 Å². The highest BCUT2D eigenvalue weighted by Crippen LogP contribution is 2.30. The summed E-state index contributed by atoms with van der Waals surface area (Å²) in [6.07, 6.45) is 3.65. The minimum atomic E-state index is -0.623. The molecule has 1 aliphatic carbocycles. The van der Waals surface area contributed by atoms with Crippen molar-refractivity contribution >= 4 is 6.09 Å². The zero-order valence-corrected chi connectivity index (χ0v) is 14.6. The van der Waals surface area contributed by atoms with E-state index in [0.29, 0.717) is 13.1 Å². The summed E-state index contributed by atoms with van der Waals surface area (Å²) in [5.41, 5.74) is 0.0312. The molecule has 1 aromatic carbocycles. The summed E-state index contributed by atoms with van der Waals surface area (Å²) in [5, 5.41) is 15.6. The van der Waals surface area contributed by atoms with Gasteiger partial charge in [0.2, 0.25) is 0 Å². The number of ether oxygens (including phenoxy) is 1. The lowest BCUT2D eigenvalue weighted by Crippen LogP contribution is -2.52. The van der Waals surface area contributed by atoms with Gasteiger partial charge in [-0.05, 0) is 51.3 Å². The molecule has 0 heterocycles. The molecule has 6 heteroatoms. The van der Waals surface area contributed by atoms with Crippen LogP contribution in [0.4, 0.5) is 9.18 Å². The van der Waals surface area contributed by atoms with Crippen LogP contribution in [0.3, 0.4) is 0 Å². The monoisotopic (exact) mass is 338 g/mol. The van der Waals surface area contributed by atoms with E-state index < -0.39 is 17.5 Å². The van der Waals surface area contributed by atoms with Crippen LogP contribution in [0.5, 0.6) is 5.75 Å². The molecule has 3 N–H and O–H groups in total. The Morgan fingerprint density at radius 1 is 1.33 bits per heavy atom. The topological polar surface area (TPSA) is 70.6 Å². The molecule has 1 aliphatic rings. The SMILES string of the molecule is CC(C)(C)OC(=O)NCC1(NCc2ccc(O)c(F)c2)CCCC1. The third-order valence-electron chi connectivity index (χ3n) is 4.21. The van der Waals surface area contributed by atoms with Crippen molar-refractivity contribution in [3.05, 3.63) is 29.6 Å². The largest absolute Gasteiger partial charge is 0.505 e. The Balaban J connectivity index is 1.92. The number of rotatable bonds is 5. The average molecular weight is 338 g/mol. The van der Waals surface area contributed by atoms with E-state index in [1.165, 1.54) is 12.1 Å². The van der Waals surface area contributed by atoms with Crippen LogP contribution in [0.15, 0.2) is 18.2 Å². The molecule has 0 unspecified atom stereocenters. The van der Waals surface area contributed by atoms with E-state index in [0.717, 1.165) is 31.2 Å². The number of aromatic hydroxyl groups is 1. The Morgan fingerprint density at radius 2 is 2.00 bits per heavy atom. The van der Waals surface area contributed by atoms with Crippen molar-refractivity contribution in [3.8, 4) is 5.75 Å². The second-order valence-electron chi connectivity index (χ2n) is 7.48. The number of hydrogen-bond acceptors (Lipinski definition) is 4. The summed E-state index contributed by atoms with van der Waals surface area (Å²) in [6.45, 7) is 6.44. The highest BCUT2D eigenvalue weighted by Gasteiger charge is 2.34. The number of halogens is 1. The van der Waals surface area contributed by atoms with Crippen LogP contribution >= 0.6 is 0 Å². The van der Waals surface area contributed by atoms with Crippen molar-refractivity contribution in [2.75, 3.05) is 6.54 Å². The van der Waals surface area contributed by atoms with Crippen molar-refractivity contribution in [1.82, 2.24) is 10.6 Å². The fourth-order valence-corrected chi connectivity index (χ4v) is 2.97. The third kappa shape index (κ3) is 5.37. The summed E-state index contributed by atoms with van der Waals surface area (Å²) in [4.78, 5) is 11.9. The first-order chi connectivity index (χ1) is 11.2. The van der Waals surface area contributed by atoms with Gasteiger partial charge < -0.3 is 20.5 Å². The molecule has 0 atom stereocenters. The lowest BCUT2D eigenvalue weighted by atomic mass is 9.97.